The molecule has 0 aliphatic rings. The van der Waals surface area contributed by atoms with Crippen molar-refractivity contribution >= 4 is 50.9 Å². The van der Waals surface area contributed by atoms with E-state index in [4.69, 9.17) is 16.7 Å². The summed E-state index contributed by atoms with van der Waals surface area (Å²) in [5.41, 5.74) is 0.762. The van der Waals surface area contributed by atoms with Crippen LogP contribution in [0.15, 0.2) is 41.1 Å². The van der Waals surface area contributed by atoms with Crippen molar-refractivity contribution in [3.05, 3.63) is 51.7 Å². The molecule has 1 heterocycles. The van der Waals surface area contributed by atoms with Crippen molar-refractivity contribution in [1.29, 1.82) is 0 Å². The predicted molar refractivity (Wildman–Crippen MR) is 83.0 cm³/mol. The van der Waals surface area contributed by atoms with E-state index >= 15 is 0 Å². The molecule has 0 radical (unpaired) electrons. The number of carboxylic acid groups (broad SMARTS) is 1. The molecular formula is C13H9BrClN3O3. The quantitative estimate of drug-likeness (QED) is 0.765. The van der Waals surface area contributed by atoms with Crippen LogP contribution in [-0.4, -0.2) is 22.1 Å². The molecule has 0 unspecified atom stereocenters. The van der Waals surface area contributed by atoms with Gasteiger partial charge in [-0.1, -0.05) is 11.6 Å². The maximum Gasteiger partial charge on any atom is 0.337 e. The second-order valence-electron chi connectivity index (χ2n) is 3.98. The van der Waals surface area contributed by atoms with Crippen molar-refractivity contribution in [2.45, 2.75) is 0 Å². The Morgan fingerprint density at radius 2 is 1.86 bits per heavy atom. The standard InChI is InChI=1S/C13H9BrClN3O3/c14-10-2-1-8(4-11(10)15)17-13(21)18-9-3-7(12(19)20)5-16-6-9/h1-6H,(H,19,20)(H2,17,18,21). The highest BCUT2D eigenvalue weighted by Gasteiger charge is 2.08. The molecule has 0 spiro atoms. The number of rotatable bonds is 3. The Morgan fingerprint density at radius 1 is 1.14 bits per heavy atom. The van der Waals surface area contributed by atoms with Gasteiger partial charge >= 0.3 is 12.0 Å². The van der Waals surface area contributed by atoms with E-state index in [0.717, 1.165) is 0 Å². The van der Waals surface area contributed by atoms with Crippen LogP contribution in [0.3, 0.4) is 0 Å². The van der Waals surface area contributed by atoms with Crippen LogP contribution in [-0.2, 0) is 0 Å². The number of hydrogen-bond donors (Lipinski definition) is 3. The third-order valence-corrected chi connectivity index (χ3v) is 3.65. The zero-order valence-electron chi connectivity index (χ0n) is 10.4. The van der Waals surface area contributed by atoms with Gasteiger partial charge in [0.15, 0.2) is 0 Å². The number of anilines is 2. The first-order chi connectivity index (χ1) is 9.95. The highest BCUT2D eigenvalue weighted by Crippen LogP contribution is 2.25. The van der Waals surface area contributed by atoms with E-state index in [-0.39, 0.29) is 11.3 Å². The molecule has 21 heavy (non-hydrogen) atoms. The largest absolute Gasteiger partial charge is 0.478 e. The van der Waals surface area contributed by atoms with Crippen LogP contribution in [0.1, 0.15) is 10.4 Å². The van der Waals surface area contributed by atoms with Gasteiger partial charge < -0.3 is 15.7 Å². The summed E-state index contributed by atoms with van der Waals surface area (Å²) in [7, 11) is 0. The third kappa shape index (κ3) is 4.17. The number of carboxylic acids is 1. The number of nitrogens with zero attached hydrogens (tertiary/aromatic N) is 1. The fourth-order valence-electron chi connectivity index (χ4n) is 1.49. The van der Waals surface area contributed by atoms with Crippen molar-refractivity contribution in [2.75, 3.05) is 10.6 Å². The van der Waals surface area contributed by atoms with Gasteiger partial charge in [-0.2, -0.15) is 0 Å². The van der Waals surface area contributed by atoms with Crippen LogP contribution in [0, 0.1) is 0 Å². The number of nitrogens with one attached hydrogen (secondary N) is 2. The maximum absolute atomic E-state index is 11.8. The summed E-state index contributed by atoms with van der Waals surface area (Å²) in [5.74, 6) is -1.12. The fraction of sp³-hybridized carbons (Fsp3) is 0. The summed E-state index contributed by atoms with van der Waals surface area (Å²) in [4.78, 5) is 26.4. The summed E-state index contributed by atoms with van der Waals surface area (Å²) in [6, 6.07) is 5.73. The van der Waals surface area contributed by atoms with Crippen molar-refractivity contribution in [3.8, 4) is 0 Å². The van der Waals surface area contributed by atoms with E-state index in [1.165, 1.54) is 18.5 Å². The number of amides is 2. The van der Waals surface area contributed by atoms with Gasteiger partial charge in [0.1, 0.15) is 0 Å². The Morgan fingerprint density at radius 3 is 2.52 bits per heavy atom. The Kier molecular flexibility index (Phi) is 4.77. The van der Waals surface area contributed by atoms with Crippen molar-refractivity contribution < 1.29 is 14.7 Å². The molecule has 2 rings (SSSR count). The molecule has 1 aromatic heterocycles. The molecule has 108 valence electrons. The molecule has 2 amide bonds. The lowest BCUT2D eigenvalue weighted by Crippen LogP contribution is -2.19. The molecule has 0 bridgehead atoms. The average Bonchev–Trinajstić information content (AvgIpc) is 2.43. The predicted octanol–water partition coefficient (Wildman–Crippen LogP) is 3.84. The number of carbonyl (C=O) groups is 2. The zero-order chi connectivity index (χ0) is 15.4. The first kappa shape index (κ1) is 15.3. The summed E-state index contributed by atoms with van der Waals surface area (Å²) in [6.45, 7) is 0. The summed E-state index contributed by atoms with van der Waals surface area (Å²) in [6.07, 6.45) is 2.54. The summed E-state index contributed by atoms with van der Waals surface area (Å²) >= 11 is 9.17. The zero-order valence-corrected chi connectivity index (χ0v) is 12.8. The number of aromatic nitrogens is 1. The lowest BCUT2D eigenvalue weighted by atomic mass is 10.2. The minimum Gasteiger partial charge on any atom is -0.478 e. The molecule has 0 saturated carbocycles. The Hall–Kier alpha value is -2.12. The van der Waals surface area contributed by atoms with Gasteiger partial charge in [-0.25, -0.2) is 9.59 Å². The second kappa shape index (κ2) is 6.55. The minimum absolute atomic E-state index is 0.0144. The number of aromatic carboxylic acids is 1. The molecule has 1 aromatic carbocycles. The Labute approximate surface area is 133 Å². The van der Waals surface area contributed by atoms with E-state index in [0.29, 0.717) is 15.2 Å². The van der Waals surface area contributed by atoms with Gasteiger partial charge in [-0.15, -0.1) is 0 Å². The van der Waals surface area contributed by atoms with Crippen LogP contribution < -0.4 is 10.6 Å². The minimum atomic E-state index is -1.12. The van der Waals surface area contributed by atoms with Crippen LogP contribution in [0.4, 0.5) is 16.2 Å². The first-order valence-corrected chi connectivity index (χ1v) is 6.84. The van der Waals surface area contributed by atoms with Crippen LogP contribution in [0.2, 0.25) is 5.02 Å². The lowest BCUT2D eigenvalue weighted by molar-refractivity contribution is 0.0696. The average molecular weight is 371 g/mol. The smallest absolute Gasteiger partial charge is 0.337 e. The van der Waals surface area contributed by atoms with Crippen LogP contribution in [0.5, 0.6) is 0 Å². The summed E-state index contributed by atoms with van der Waals surface area (Å²) < 4.78 is 0.716. The number of carbonyl (C=O) groups excluding carboxylic acids is 1. The maximum atomic E-state index is 11.8. The van der Waals surface area contributed by atoms with E-state index in [9.17, 15) is 9.59 Å². The SMILES string of the molecule is O=C(Nc1cncc(C(=O)O)c1)Nc1ccc(Br)c(Cl)c1. The van der Waals surface area contributed by atoms with Crippen LogP contribution in [0.25, 0.3) is 0 Å². The number of pyridine rings is 1. The number of hydrogen-bond acceptors (Lipinski definition) is 3. The molecule has 0 fully saturated rings. The second-order valence-corrected chi connectivity index (χ2v) is 5.24. The highest BCUT2D eigenvalue weighted by atomic mass is 79.9. The Bertz CT molecular complexity index is 709. The number of halogens is 2. The van der Waals surface area contributed by atoms with E-state index < -0.39 is 12.0 Å². The molecule has 0 saturated heterocycles. The van der Waals surface area contributed by atoms with Crippen molar-refractivity contribution in [1.82, 2.24) is 4.98 Å². The lowest BCUT2D eigenvalue weighted by Gasteiger charge is -2.08. The molecule has 0 aliphatic carbocycles. The van der Waals surface area contributed by atoms with Gasteiger partial charge in [-0.3, -0.25) is 4.98 Å². The van der Waals surface area contributed by atoms with Crippen LogP contribution >= 0.6 is 27.5 Å². The van der Waals surface area contributed by atoms with E-state index in [1.807, 2.05) is 0 Å². The van der Waals surface area contributed by atoms with Crippen molar-refractivity contribution in [3.63, 3.8) is 0 Å². The van der Waals surface area contributed by atoms with Gasteiger partial charge in [0.25, 0.3) is 0 Å². The third-order valence-electron chi connectivity index (χ3n) is 2.42. The Balaban J connectivity index is 2.06. The molecular weight excluding hydrogens is 362 g/mol. The number of urea groups is 1. The topological polar surface area (TPSA) is 91.3 Å². The number of benzene rings is 1. The van der Waals surface area contributed by atoms with Gasteiger partial charge in [0.2, 0.25) is 0 Å². The highest BCUT2D eigenvalue weighted by molar-refractivity contribution is 9.10. The molecule has 6 nitrogen and oxygen atoms in total. The van der Waals surface area contributed by atoms with E-state index in [1.54, 1.807) is 18.2 Å². The molecule has 3 N–H and O–H groups in total. The monoisotopic (exact) mass is 369 g/mol. The summed E-state index contributed by atoms with van der Waals surface area (Å²) in [5, 5.41) is 14.4. The molecule has 0 aliphatic heterocycles. The van der Waals surface area contributed by atoms with E-state index in [2.05, 4.69) is 31.5 Å². The van der Waals surface area contributed by atoms with Crippen molar-refractivity contribution in [2.24, 2.45) is 0 Å². The molecule has 8 heteroatoms. The molecule has 2 aromatic rings. The van der Waals surface area contributed by atoms with Gasteiger partial charge in [0.05, 0.1) is 22.5 Å². The molecule has 0 atom stereocenters. The normalized spacial score (nSPS) is 10.0. The first-order valence-electron chi connectivity index (χ1n) is 5.67. The van der Waals surface area contributed by atoms with Gasteiger partial charge in [0, 0.05) is 16.4 Å². The fourth-order valence-corrected chi connectivity index (χ4v) is 1.92. The van der Waals surface area contributed by atoms with Gasteiger partial charge in [-0.05, 0) is 40.2 Å².